The topological polar surface area (TPSA) is 51.1 Å². The summed E-state index contributed by atoms with van der Waals surface area (Å²) < 4.78 is 2.04. The SMILES string of the molecule is O=C(Nc1ccccc1)c1cn2c3c(cccc3c1=O)CCC2. The van der Waals surface area contributed by atoms with Crippen LogP contribution in [0.25, 0.3) is 10.9 Å². The van der Waals surface area contributed by atoms with E-state index in [1.165, 1.54) is 5.56 Å². The number of hydrogen-bond acceptors (Lipinski definition) is 2. The van der Waals surface area contributed by atoms with Crippen molar-refractivity contribution in [1.82, 2.24) is 4.57 Å². The molecule has 1 amide bonds. The largest absolute Gasteiger partial charge is 0.346 e. The molecule has 0 atom stereocenters. The van der Waals surface area contributed by atoms with Gasteiger partial charge in [0.2, 0.25) is 5.43 Å². The van der Waals surface area contributed by atoms with Crippen LogP contribution in [-0.4, -0.2) is 10.5 Å². The molecule has 114 valence electrons. The summed E-state index contributed by atoms with van der Waals surface area (Å²) in [5, 5.41) is 3.42. The molecule has 3 aromatic rings. The molecule has 1 aromatic heterocycles. The molecule has 2 heterocycles. The summed E-state index contributed by atoms with van der Waals surface area (Å²) in [5.74, 6) is -0.358. The highest BCUT2D eigenvalue weighted by molar-refractivity contribution is 6.06. The molecule has 0 bridgehead atoms. The zero-order chi connectivity index (χ0) is 15.8. The van der Waals surface area contributed by atoms with Crippen LogP contribution in [0.4, 0.5) is 5.69 Å². The standard InChI is InChI=1S/C19H16N2O2/c22-18-15-10-4-6-13-7-5-11-21(17(13)15)12-16(18)19(23)20-14-8-2-1-3-9-14/h1-4,6,8-10,12H,5,7,11H2,(H,20,23). The highest BCUT2D eigenvalue weighted by Gasteiger charge is 2.19. The monoisotopic (exact) mass is 304 g/mol. The lowest BCUT2D eigenvalue weighted by Crippen LogP contribution is -2.25. The van der Waals surface area contributed by atoms with E-state index >= 15 is 0 Å². The number of aromatic nitrogens is 1. The number of carbonyl (C=O) groups excluding carboxylic acids is 1. The Morgan fingerprint density at radius 2 is 1.87 bits per heavy atom. The molecule has 1 aliphatic rings. The maximum absolute atomic E-state index is 12.7. The highest BCUT2D eigenvalue weighted by atomic mass is 16.2. The Labute approximate surface area is 133 Å². The first kappa shape index (κ1) is 13.8. The van der Waals surface area contributed by atoms with E-state index in [2.05, 4.69) is 11.4 Å². The van der Waals surface area contributed by atoms with Gasteiger partial charge in [-0.15, -0.1) is 0 Å². The number of hydrogen-bond donors (Lipinski definition) is 1. The minimum absolute atomic E-state index is 0.195. The lowest BCUT2D eigenvalue weighted by atomic mass is 10.00. The van der Waals surface area contributed by atoms with Crippen LogP contribution >= 0.6 is 0 Å². The average molecular weight is 304 g/mol. The fourth-order valence-corrected chi connectivity index (χ4v) is 3.24. The summed E-state index contributed by atoms with van der Waals surface area (Å²) in [4.78, 5) is 25.3. The van der Waals surface area contributed by atoms with Crippen LogP contribution in [0.5, 0.6) is 0 Å². The summed E-state index contributed by atoms with van der Waals surface area (Å²) in [6.07, 6.45) is 3.70. The van der Waals surface area contributed by atoms with E-state index in [0.29, 0.717) is 11.1 Å². The molecular weight excluding hydrogens is 288 g/mol. The van der Waals surface area contributed by atoms with Gasteiger partial charge in [0.1, 0.15) is 5.56 Å². The molecule has 1 aliphatic heterocycles. The van der Waals surface area contributed by atoms with E-state index in [-0.39, 0.29) is 16.9 Å². The fraction of sp³-hybridized carbons (Fsp3) is 0.158. The molecule has 0 fully saturated rings. The molecular formula is C19H16N2O2. The number of pyridine rings is 1. The van der Waals surface area contributed by atoms with Crippen molar-refractivity contribution in [2.24, 2.45) is 0 Å². The minimum atomic E-state index is -0.358. The Morgan fingerprint density at radius 1 is 1.04 bits per heavy atom. The number of aryl methyl sites for hydroxylation is 2. The average Bonchev–Trinajstić information content (AvgIpc) is 2.59. The molecule has 0 aliphatic carbocycles. The van der Waals surface area contributed by atoms with Crippen molar-refractivity contribution in [3.63, 3.8) is 0 Å². The predicted octanol–water partition coefficient (Wildman–Crippen LogP) is 3.20. The number of para-hydroxylation sites is 2. The third-order valence-electron chi connectivity index (χ3n) is 4.30. The van der Waals surface area contributed by atoms with Crippen LogP contribution in [0.3, 0.4) is 0 Å². The van der Waals surface area contributed by atoms with Crippen LogP contribution in [0, 0.1) is 0 Å². The first-order valence-electron chi connectivity index (χ1n) is 7.75. The smallest absolute Gasteiger partial charge is 0.261 e. The molecule has 23 heavy (non-hydrogen) atoms. The Hall–Kier alpha value is -2.88. The Bertz CT molecular complexity index is 958. The van der Waals surface area contributed by atoms with Gasteiger partial charge in [-0.3, -0.25) is 9.59 Å². The molecule has 1 N–H and O–H groups in total. The zero-order valence-corrected chi connectivity index (χ0v) is 12.6. The van der Waals surface area contributed by atoms with Crippen LogP contribution < -0.4 is 10.7 Å². The minimum Gasteiger partial charge on any atom is -0.346 e. The fourth-order valence-electron chi connectivity index (χ4n) is 3.24. The van der Waals surface area contributed by atoms with Crippen LogP contribution in [0.2, 0.25) is 0 Å². The zero-order valence-electron chi connectivity index (χ0n) is 12.6. The highest BCUT2D eigenvalue weighted by Crippen LogP contribution is 2.23. The van der Waals surface area contributed by atoms with Crippen LogP contribution in [0.1, 0.15) is 22.3 Å². The molecule has 4 rings (SSSR count). The van der Waals surface area contributed by atoms with Crippen molar-refractivity contribution >= 4 is 22.5 Å². The van der Waals surface area contributed by atoms with E-state index < -0.39 is 0 Å². The second-order valence-corrected chi connectivity index (χ2v) is 5.80. The molecule has 0 radical (unpaired) electrons. The number of nitrogens with zero attached hydrogens (tertiary/aromatic N) is 1. The van der Waals surface area contributed by atoms with Gasteiger partial charge in [0, 0.05) is 23.8 Å². The van der Waals surface area contributed by atoms with Crippen molar-refractivity contribution in [2.45, 2.75) is 19.4 Å². The van der Waals surface area contributed by atoms with Gasteiger partial charge in [-0.25, -0.2) is 0 Å². The lowest BCUT2D eigenvalue weighted by molar-refractivity contribution is 0.102. The Balaban J connectivity index is 1.84. The maximum atomic E-state index is 12.7. The molecule has 0 unspecified atom stereocenters. The van der Waals surface area contributed by atoms with Gasteiger partial charge in [-0.1, -0.05) is 30.3 Å². The van der Waals surface area contributed by atoms with E-state index in [1.807, 2.05) is 34.9 Å². The van der Waals surface area contributed by atoms with Gasteiger partial charge < -0.3 is 9.88 Å². The predicted molar refractivity (Wildman–Crippen MR) is 90.9 cm³/mol. The van der Waals surface area contributed by atoms with E-state index in [4.69, 9.17) is 0 Å². The molecule has 0 saturated heterocycles. The Kier molecular flexibility index (Phi) is 3.23. The van der Waals surface area contributed by atoms with E-state index in [1.54, 1.807) is 18.3 Å². The lowest BCUT2D eigenvalue weighted by Gasteiger charge is -2.20. The third kappa shape index (κ3) is 2.32. The first-order valence-corrected chi connectivity index (χ1v) is 7.75. The summed E-state index contributed by atoms with van der Waals surface area (Å²) in [7, 11) is 0. The number of carbonyl (C=O) groups is 1. The second kappa shape index (κ2) is 5.39. The summed E-state index contributed by atoms with van der Waals surface area (Å²) in [6.45, 7) is 0.833. The molecule has 4 heteroatoms. The summed E-state index contributed by atoms with van der Waals surface area (Å²) in [6, 6.07) is 14.9. The van der Waals surface area contributed by atoms with E-state index in [9.17, 15) is 9.59 Å². The van der Waals surface area contributed by atoms with Gasteiger partial charge in [-0.05, 0) is 36.6 Å². The van der Waals surface area contributed by atoms with E-state index in [0.717, 1.165) is 24.9 Å². The number of anilines is 1. The molecule has 2 aromatic carbocycles. The van der Waals surface area contributed by atoms with Crippen molar-refractivity contribution in [3.8, 4) is 0 Å². The number of rotatable bonds is 2. The Morgan fingerprint density at radius 3 is 2.70 bits per heavy atom. The van der Waals surface area contributed by atoms with Crippen molar-refractivity contribution in [2.75, 3.05) is 5.32 Å². The van der Waals surface area contributed by atoms with Crippen molar-refractivity contribution < 1.29 is 4.79 Å². The maximum Gasteiger partial charge on any atom is 0.261 e. The van der Waals surface area contributed by atoms with Gasteiger partial charge in [-0.2, -0.15) is 0 Å². The summed E-state index contributed by atoms with van der Waals surface area (Å²) in [5.41, 5.74) is 2.83. The van der Waals surface area contributed by atoms with Crippen LogP contribution in [-0.2, 0) is 13.0 Å². The molecule has 4 nitrogen and oxygen atoms in total. The third-order valence-corrected chi connectivity index (χ3v) is 4.30. The number of benzene rings is 2. The quantitative estimate of drug-likeness (QED) is 0.790. The first-order chi connectivity index (χ1) is 11.2. The van der Waals surface area contributed by atoms with Gasteiger partial charge >= 0.3 is 0 Å². The number of amides is 1. The van der Waals surface area contributed by atoms with Gasteiger partial charge in [0.05, 0.1) is 5.52 Å². The van der Waals surface area contributed by atoms with Crippen molar-refractivity contribution in [3.05, 3.63) is 76.1 Å². The number of nitrogens with one attached hydrogen (secondary N) is 1. The molecule has 0 saturated carbocycles. The molecule has 0 spiro atoms. The second-order valence-electron chi connectivity index (χ2n) is 5.80. The summed E-state index contributed by atoms with van der Waals surface area (Å²) >= 11 is 0. The normalized spacial score (nSPS) is 13.0. The van der Waals surface area contributed by atoms with Crippen LogP contribution in [0.15, 0.2) is 59.5 Å². The van der Waals surface area contributed by atoms with Crippen molar-refractivity contribution in [1.29, 1.82) is 0 Å². The van der Waals surface area contributed by atoms with Gasteiger partial charge in [0.25, 0.3) is 5.91 Å². The van der Waals surface area contributed by atoms with Gasteiger partial charge in [0.15, 0.2) is 0 Å².